The van der Waals surface area contributed by atoms with Crippen molar-refractivity contribution in [3.8, 4) is 5.82 Å². The lowest BCUT2D eigenvalue weighted by atomic mass is 10.1. The lowest BCUT2D eigenvalue weighted by molar-refractivity contribution is -0.605. The van der Waals surface area contributed by atoms with Gasteiger partial charge in [0.25, 0.3) is 0 Å². The van der Waals surface area contributed by atoms with E-state index in [4.69, 9.17) is 0 Å². The van der Waals surface area contributed by atoms with Crippen molar-refractivity contribution < 1.29 is 14.6 Å². The minimum atomic E-state index is -1.04. The van der Waals surface area contributed by atoms with Crippen LogP contribution in [-0.2, 0) is 6.42 Å². The molecule has 7 heteroatoms. The molecule has 2 aliphatic rings. The molecule has 0 amide bonds. The Morgan fingerprint density at radius 1 is 1.43 bits per heavy atom. The van der Waals surface area contributed by atoms with Crippen molar-refractivity contribution in [1.29, 1.82) is 0 Å². The summed E-state index contributed by atoms with van der Waals surface area (Å²) in [6.45, 7) is 0. The van der Waals surface area contributed by atoms with Crippen LogP contribution in [0, 0.1) is 5.21 Å². The maximum Gasteiger partial charge on any atom is 0.356 e. The molecular weight excluding hydrogens is 272 g/mol. The molecule has 0 saturated heterocycles. The molecule has 0 saturated carbocycles. The summed E-state index contributed by atoms with van der Waals surface area (Å²) < 4.78 is 2.14. The summed E-state index contributed by atoms with van der Waals surface area (Å²) in [4.78, 5) is 15.5. The average Bonchev–Trinajstić information content (AvgIpc) is 3.08. The molecule has 7 nitrogen and oxygen atoms in total. The zero-order valence-electron chi connectivity index (χ0n) is 11.1. The van der Waals surface area contributed by atoms with E-state index in [0.29, 0.717) is 17.0 Å². The number of fused-ring (bicyclic) bond motifs is 2. The van der Waals surface area contributed by atoms with Crippen LogP contribution in [0.15, 0.2) is 24.2 Å². The van der Waals surface area contributed by atoms with Crippen LogP contribution < -0.4 is 4.73 Å². The van der Waals surface area contributed by atoms with E-state index in [1.165, 1.54) is 34.4 Å². The summed E-state index contributed by atoms with van der Waals surface area (Å²) in [5.41, 5.74) is 4.09. The molecule has 21 heavy (non-hydrogen) atoms. The first kappa shape index (κ1) is 12.1. The first-order chi connectivity index (χ1) is 10.1. The van der Waals surface area contributed by atoms with E-state index in [0.717, 1.165) is 30.5 Å². The Morgan fingerprint density at radius 2 is 2.29 bits per heavy atom. The lowest BCUT2D eigenvalue weighted by Gasteiger charge is -2.06. The van der Waals surface area contributed by atoms with Crippen molar-refractivity contribution in [3.05, 3.63) is 46.3 Å². The molecule has 2 heterocycles. The van der Waals surface area contributed by atoms with Gasteiger partial charge in [0.1, 0.15) is 0 Å². The topological polar surface area (TPSA) is 95.0 Å². The number of carboxylic acid groups (broad SMARTS) is 1. The third-order valence-electron chi connectivity index (χ3n) is 4.07. The molecular formula is C14H12N4O3. The summed E-state index contributed by atoms with van der Waals surface area (Å²) in [6.07, 6.45) is 7.63. The highest BCUT2D eigenvalue weighted by Crippen LogP contribution is 2.44. The Kier molecular flexibility index (Phi) is 2.38. The number of carbonyl (C=O) groups is 1. The van der Waals surface area contributed by atoms with E-state index in [2.05, 4.69) is 10.1 Å². The molecule has 2 aliphatic carbocycles. The summed E-state index contributed by atoms with van der Waals surface area (Å²) in [5.74, 6) is -0.700. The van der Waals surface area contributed by atoms with Crippen molar-refractivity contribution in [2.75, 3.05) is 0 Å². The van der Waals surface area contributed by atoms with Crippen LogP contribution in [0.3, 0.4) is 0 Å². The quantitative estimate of drug-likeness (QED) is 0.658. The summed E-state index contributed by atoms with van der Waals surface area (Å²) in [5, 5.41) is 25.0. The molecule has 0 atom stereocenters. The molecule has 0 aromatic carbocycles. The fraction of sp³-hybridized carbons (Fsp3) is 0.286. The number of nitrogens with zero attached hydrogens (tertiary/aromatic N) is 4. The number of aromatic nitrogens is 4. The second kappa shape index (κ2) is 4.15. The minimum absolute atomic E-state index is 0.0579. The molecule has 2 aromatic heterocycles. The van der Waals surface area contributed by atoms with Crippen LogP contribution >= 0.6 is 0 Å². The molecule has 2 aromatic rings. The fourth-order valence-corrected chi connectivity index (χ4v) is 3.24. The van der Waals surface area contributed by atoms with Crippen LogP contribution in [-0.4, -0.2) is 25.8 Å². The monoisotopic (exact) mass is 284 g/mol. The Hall–Kier alpha value is -2.70. The fourth-order valence-electron chi connectivity index (χ4n) is 3.24. The number of rotatable bonds is 2. The smallest absolute Gasteiger partial charge is 0.356 e. The second-order valence-electron chi connectivity index (χ2n) is 5.28. The van der Waals surface area contributed by atoms with Gasteiger partial charge in [-0.2, -0.15) is 9.83 Å². The number of carboxylic acids is 1. The third-order valence-corrected chi connectivity index (χ3v) is 4.07. The number of aromatic carboxylic acids is 1. The number of hydrogen-bond acceptors (Lipinski definition) is 4. The van der Waals surface area contributed by atoms with Gasteiger partial charge >= 0.3 is 5.97 Å². The highest BCUT2D eigenvalue weighted by atomic mass is 16.5. The van der Waals surface area contributed by atoms with Crippen molar-refractivity contribution in [1.82, 2.24) is 14.8 Å². The molecule has 0 unspecified atom stereocenters. The van der Waals surface area contributed by atoms with Crippen LogP contribution in [0.1, 0.15) is 41.0 Å². The highest BCUT2D eigenvalue weighted by molar-refractivity contribution is 5.91. The summed E-state index contributed by atoms with van der Waals surface area (Å²) >= 11 is 0. The lowest BCUT2D eigenvalue weighted by Crippen LogP contribution is -2.26. The first-order valence-electron chi connectivity index (χ1n) is 6.77. The largest absolute Gasteiger partial charge is 0.619 e. The van der Waals surface area contributed by atoms with Crippen LogP contribution in [0.2, 0.25) is 0 Å². The molecule has 0 fully saturated rings. The zero-order chi connectivity index (χ0) is 14.6. The Bertz CT molecular complexity index is 807. The van der Waals surface area contributed by atoms with E-state index in [1.807, 2.05) is 0 Å². The van der Waals surface area contributed by atoms with Gasteiger partial charge in [-0.05, 0) is 31.3 Å². The SMILES string of the molecule is O=C(O)c1nn(-c2c[n+]([O-])ccn2)c2c1CC1=C2CCC1. The van der Waals surface area contributed by atoms with Crippen LogP contribution in [0.25, 0.3) is 11.4 Å². The third kappa shape index (κ3) is 1.67. The van der Waals surface area contributed by atoms with Crippen molar-refractivity contribution in [2.45, 2.75) is 25.7 Å². The normalized spacial score (nSPS) is 16.2. The molecule has 106 valence electrons. The van der Waals surface area contributed by atoms with Crippen LogP contribution in [0.4, 0.5) is 0 Å². The molecule has 0 radical (unpaired) electrons. The Balaban J connectivity index is 1.96. The van der Waals surface area contributed by atoms with Gasteiger partial charge in [-0.25, -0.2) is 14.5 Å². The molecule has 0 spiro atoms. The molecule has 4 rings (SSSR count). The van der Waals surface area contributed by atoms with Gasteiger partial charge in [0, 0.05) is 5.56 Å². The summed E-state index contributed by atoms with van der Waals surface area (Å²) in [6, 6.07) is 0. The van der Waals surface area contributed by atoms with Gasteiger partial charge in [0.05, 0.1) is 11.9 Å². The van der Waals surface area contributed by atoms with Gasteiger partial charge in [0.2, 0.25) is 12.0 Å². The maximum absolute atomic E-state index is 11.4. The van der Waals surface area contributed by atoms with Gasteiger partial charge in [-0.15, -0.1) is 0 Å². The van der Waals surface area contributed by atoms with E-state index < -0.39 is 5.97 Å². The minimum Gasteiger partial charge on any atom is -0.619 e. The summed E-state index contributed by atoms with van der Waals surface area (Å²) in [7, 11) is 0. The Morgan fingerprint density at radius 3 is 3.05 bits per heavy atom. The average molecular weight is 284 g/mol. The molecule has 0 bridgehead atoms. The van der Waals surface area contributed by atoms with Gasteiger partial charge in [-0.1, -0.05) is 5.57 Å². The van der Waals surface area contributed by atoms with Crippen LogP contribution in [0.5, 0.6) is 0 Å². The van der Waals surface area contributed by atoms with Crippen molar-refractivity contribution >= 4 is 11.5 Å². The zero-order valence-corrected chi connectivity index (χ0v) is 11.1. The predicted molar refractivity (Wildman–Crippen MR) is 71.8 cm³/mol. The second-order valence-corrected chi connectivity index (χ2v) is 5.28. The van der Waals surface area contributed by atoms with E-state index >= 15 is 0 Å². The van der Waals surface area contributed by atoms with Crippen molar-refractivity contribution in [3.63, 3.8) is 0 Å². The maximum atomic E-state index is 11.4. The van der Waals surface area contributed by atoms with Gasteiger partial charge < -0.3 is 10.3 Å². The highest BCUT2D eigenvalue weighted by Gasteiger charge is 2.35. The van der Waals surface area contributed by atoms with E-state index in [-0.39, 0.29) is 5.69 Å². The van der Waals surface area contributed by atoms with E-state index in [9.17, 15) is 15.1 Å². The van der Waals surface area contributed by atoms with Crippen molar-refractivity contribution in [2.24, 2.45) is 0 Å². The Labute approximate surface area is 119 Å². The van der Waals surface area contributed by atoms with Gasteiger partial charge in [-0.3, -0.25) is 0 Å². The standard InChI is InChI=1S/C14H12N4O3/c19-14(20)12-10-6-8-2-1-3-9(8)13(10)18(16-12)11-7-17(21)5-4-15-11/h4-5,7H,1-3,6H2,(H,19,20). The number of hydrogen-bond donors (Lipinski definition) is 1. The molecule has 0 aliphatic heterocycles. The first-order valence-corrected chi connectivity index (χ1v) is 6.77. The van der Waals surface area contributed by atoms with Gasteiger partial charge in [0.15, 0.2) is 11.9 Å². The molecule has 1 N–H and O–H groups in total. The number of allylic oxidation sites excluding steroid dienone is 2. The predicted octanol–water partition coefficient (Wildman–Crippen LogP) is 1.09. The van der Waals surface area contributed by atoms with E-state index in [1.54, 1.807) is 0 Å².